The first-order valence-electron chi connectivity index (χ1n) is 5.24. The van der Waals surface area contributed by atoms with Crippen LogP contribution in [0.3, 0.4) is 0 Å². The van der Waals surface area contributed by atoms with Gasteiger partial charge in [0, 0.05) is 31.6 Å². The first kappa shape index (κ1) is 12.4. The topological polar surface area (TPSA) is 73.7 Å². The summed E-state index contributed by atoms with van der Waals surface area (Å²) in [6.45, 7) is 3.59. The van der Waals surface area contributed by atoms with Gasteiger partial charge in [0.05, 0.1) is 0 Å². The molecule has 16 heavy (non-hydrogen) atoms. The van der Waals surface area contributed by atoms with Gasteiger partial charge < -0.3 is 15.1 Å². The number of aromatic nitrogens is 1. The van der Waals surface area contributed by atoms with E-state index in [9.17, 15) is 4.79 Å². The Morgan fingerprint density at radius 1 is 1.56 bits per heavy atom. The van der Waals surface area contributed by atoms with Crippen molar-refractivity contribution in [3.8, 4) is 0 Å². The molecular weight excluding hydrogens is 208 g/mol. The molecule has 5 nitrogen and oxygen atoms in total. The summed E-state index contributed by atoms with van der Waals surface area (Å²) in [4.78, 5) is 16.5. The van der Waals surface area contributed by atoms with Crippen LogP contribution < -0.4 is 4.90 Å². The molecule has 1 rings (SSSR count). The lowest BCUT2D eigenvalue weighted by atomic mass is 10.2. The lowest BCUT2D eigenvalue weighted by Crippen LogP contribution is -2.25. The lowest BCUT2D eigenvalue weighted by molar-refractivity contribution is 0.0690. The van der Waals surface area contributed by atoms with Gasteiger partial charge in [-0.3, -0.25) is 0 Å². The summed E-state index contributed by atoms with van der Waals surface area (Å²) in [5, 5.41) is 17.6. The van der Waals surface area contributed by atoms with Gasteiger partial charge in [-0.05, 0) is 25.5 Å². The van der Waals surface area contributed by atoms with E-state index in [4.69, 9.17) is 10.2 Å². The Labute approximate surface area is 94.4 Å². The predicted octanol–water partition coefficient (Wildman–Crippen LogP) is 0.989. The van der Waals surface area contributed by atoms with Gasteiger partial charge in [-0.25, -0.2) is 9.78 Å². The molecule has 0 aromatic carbocycles. The summed E-state index contributed by atoms with van der Waals surface area (Å²) >= 11 is 0. The molecule has 0 spiro atoms. The van der Waals surface area contributed by atoms with Crippen molar-refractivity contribution in [3.05, 3.63) is 24.0 Å². The van der Waals surface area contributed by atoms with Crippen LogP contribution in [0.5, 0.6) is 0 Å². The maximum Gasteiger partial charge on any atom is 0.354 e. The molecule has 1 aromatic rings. The minimum absolute atomic E-state index is 0.0416. The van der Waals surface area contributed by atoms with E-state index in [-0.39, 0.29) is 12.3 Å². The normalized spacial score (nSPS) is 10.1. The van der Waals surface area contributed by atoms with Crippen molar-refractivity contribution in [2.75, 3.05) is 24.6 Å². The molecule has 0 atom stereocenters. The van der Waals surface area contributed by atoms with Crippen LogP contribution in [0.4, 0.5) is 5.69 Å². The van der Waals surface area contributed by atoms with Gasteiger partial charge in [-0.2, -0.15) is 0 Å². The Morgan fingerprint density at radius 2 is 2.31 bits per heavy atom. The van der Waals surface area contributed by atoms with E-state index < -0.39 is 5.97 Å². The first-order valence-corrected chi connectivity index (χ1v) is 5.24. The Kier molecular flexibility index (Phi) is 4.72. The number of carboxylic acids is 1. The van der Waals surface area contributed by atoms with Crippen LogP contribution in [-0.4, -0.2) is 40.9 Å². The highest BCUT2D eigenvalue weighted by atomic mass is 16.4. The fraction of sp³-hybridized carbons (Fsp3) is 0.455. The summed E-state index contributed by atoms with van der Waals surface area (Å²) in [6.07, 6.45) is 2.15. The monoisotopic (exact) mass is 224 g/mol. The fourth-order valence-corrected chi connectivity index (χ4v) is 1.46. The minimum Gasteiger partial charge on any atom is -0.477 e. The predicted molar refractivity (Wildman–Crippen MR) is 60.8 cm³/mol. The number of carbonyl (C=O) groups is 1. The Hall–Kier alpha value is -1.62. The number of nitrogens with zero attached hydrogens (tertiary/aromatic N) is 2. The van der Waals surface area contributed by atoms with Gasteiger partial charge in [0.15, 0.2) is 0 Å². The van der Waals surface area contributed by atoms with Crippen LogP contribution >= 0.6 is 0 Å². The average molecular weight is 224 g/mol. The van der Waals surface area contributed by atoms with E-state index in [0.29, 0.717) is 13.0 Å². The number of anilines is 1. The highest BCUT2D eigenvalue weighted by Crippen LogP contribution is 2.14. The molecule has 0 saturated heterocycles. The third-order valence-electron chi connectivity index (χ3n) is 2.30. The summed E-state index contributed by atoms with van der Waals surface area (Å²) in [5.74, 6) is -1.03. The van der Waals surface area contributed by atoms with Crippen molar-refractivity contribution in [2.24, 2.45) is 0 Å². The quantitative estimate of drug-likeness (QED) is 0.753. The van der Waals surface area contributed by atoms with E-state index >= 15 is 0 Å². The average Bonchev–Trinajstić information content (AvgIpc) is 2.30. The van der Waals surface area contributed by atoms with Crippen LogP contribution in [0, 0.1) is 0 Å². The van der Waals surface area contributed by atoms with Crippen molar-refractivity contribution in [1.82, 2.24) is 4.98 Å². The molecule has 5 heteroatoms. The Bertz CT molecular complexity index is 355. The number of pyridine rings is 1. The van der Waals surface area contributed by atoms with E-state index in [1.165, 1.54) is 6.20 Å². The number of aromatic carboxylic acids is 1. The third-order valence-corrected chi connectivity index (χ3v) is 2.30. The molecule has 0 aliphatic rings. The van der Waals surface area contributed by atoms with Gasteiger partial charge in [-0.1, -0.05) is 0 Å². The second kappa shape index (κ2) is 6.07. The maximum atomic E-state index is 10.8. The van der Waals surface area contributed by atoms with Crippen LogP contribution in [0.25, 0.3) is 0 Å². The SMILES string of the molecule is CCN(CCCO)c1ccnc(C(=O)O)c1. The zero-order chi connectivity index (χ0) is 12.0. The van der Waals surface area contributed by atoms with E-state index in [1.54, 1.807) is 12.1 Å². The summed E-state index contributed by atoms with van der Waals surface area (Å²) in [7, 11) is 0. The van der Waals surface area contributed by atoms with Crippen LogP contribution in [0.15, 0.2) is 18.3 Å². The molecule has 0 fully saturated rings. The number of hydrogen-bond acceptors (Lipinski definition) is 4. The van der Waals surface area contributed by atoms with E-state index in [1.807, 2.05) is 11.8 Å². The Balaban J connectivity index is 2.83. The highest BCUT2D eigenvalue weighted by molar-refractivity contribution is 5.86. The largest absolute Gasteiger partial charge is 0.477 e. The van der Waals surface area contributed by atoms with Crippen LogP contribution in [0.1, 0.15) is 23.8 Å². The van der Waals surface area contributed by atoms with E-state index in [0.717, 1.165) is 12.2 Å². The molecule has 2 N–H and O–H groups in total. The van der Waals surface area contributed by atoms with Crippen molar-refractivity contribution >= 4 is 11.7 Å². The number of aliphatic hydroxyl groups excluding tert-OH is 1. The van der Waals surface area contributed by atoms with Crippen molar-refractivity contribution in [3.63, 3.8) is 0 Å². The molecule has 0 unspecified atom stereocenters. The maximum absolute atomic E-state index is 10.8. The number of carboxylic acid groups (broad SMARTS) is 1. The molecule has 1 heterocycles. The standard InChI is InChI=1S/C11H16N2O3/c1-2-13(6-3-7-14)9-4-5-12-10(8-9)11(15)16/h4-5,8,14H,2-3,6-7H2,1H3,(H,15,16). The second-order valence-electron chi connectivity index (χ2n) is 3.36. The molecule has 0 amide bonds. The summed E-state index contributed by atoms with van der Waals surface area (Å²) < 4.78 is 0. The molecule has 0 saturated carbocycles. The molecular formula is C11H16N2O3. The lowest BCUT2D eigenvalue weighted by Gasteiger charge is -2.22. The van der Waals surface area contributed by atoms with Crippen LogP contribution in [0.2, 0.25) is 0 Å². The van der Waals surface area contributed by atoms with Gasteiger partial charge in [0.25, 0.3) is 0 Å². The molecule has 0 aliphatic heterocycles. The first-order chi connectivity index (χ1) is 7.69. The zero-order valence-electron chi connectivity index (χ0n) is 9.26. The molecule has 0 radical (unpaired) electrons. The van der Waals surface area contributed by atoms with E-state index in [2.05, 4.69) is 4.98 Å². The minimum atomic E-state index is -1.03. The fourth-order valence-electron chi connectivity index (χ4n) is 1.46. The number of aliphatic hydroxyl groups is 1. The van der Waals surface area contributed by atoms with Crippen molar-refractivity contribution in [2.45, 2.75) is 13.3 Å². The summed E-state index contributed by atoms with van der Waals surface area (Å²) in [5.41, 5.74) is 0.864. The highest BCUT2D eigenvalue weighted by Gasteiger charge is 2.08. The molecule has 88 valence electrons. The third kappa shape index (κ3) is 3.20. The summed E-state index contributed by atoms with van der Waals surface area (Å²) in [6, 6.07) is 3.32. The zero-order valence-corrected chi connectivity index (χ0v) is 9.26. The Morgan fingerprint density at radius 3 is 2.88 bits per heavy atom. The van der Waals surface area contributed by atoms with Gasteiger partial charge in [0.2, 0.25) is 0 Å². The van der Waals surface area contributed by atoms with Crippen molar-refractivity contribution in [1.29, 1.82) is 0 Å². The smallest absolute Gasteiger partial charge is 0.354 e. The van der Waals surface area contributed by atoms with Crippen LogP contribution in [-0.2, 0) is 0 Å². The number of rotatable bonds is 6. The van der Waals surface area contributed by atoms with Gasteiger partial charge >= 0.3 is 5.97 Å². The molecule has 1 aromatic heterocycles. The second-order valence-corrected chi connectivity index (χ2v) is 3.36. The van der Waals surface area contributed by atoms with Gasteiger partial charge in [0.1, 0.15) is 5.69 Å². The number of hydrogen-bond donors (Lipinski definition) is 2. The molecule has 0 aliphatic carbocycles. The van der Waals surface area contributed by atoms with Gasteiger partial charge in [-0.15, -0.1) is 0 Å². The van der Waals surface area contributed by atoms with Crippen molar-refractivity contribution < 1.29 is 15.0 Å². The molecule has 0 bridgehead atoms.